The summed E-state index contributed by atoms with van der Waals surface area (Å²) >= 11 is 0. The molecule has 4 heavy (non-hydrogen) atoms. The fraction of sp³-hybridized carbons (Fsp3) is 0. The van der Waals surface area contributed by atoms with Gasteiger partial charge in [0.2, 0.25) is 0 Å². The first-order chi connectivity index (χ1) is 0. The van der Waals surface area contributed by atoms with Gasteiger partial charge in [-0.3, -0.25) is 0 Å². The van der Waals surface area contributed by atoms with Gasteiger partial charge in [0.1, 0.15) is 0 Å². The molecule has 0 nitrogen and oxygen atoms in total. The molecule has 0 spiro atoms. The molecule has 0 aromatic rings. The van der Waals surface area contributed by atoms with Crippen molar-refractivity contribution in [3.63, 3.8) is 0 Å². The third-order valence-corrected chi connectivity index (χ3v) is 0. The van der Waals surface area contributed by atoms with E-state index < -0.39 is 0 Å². The molecule has 0 saturated heterocycles. The number of hydrogen-bond donors (Lipinski definition) is 0. The Bertz CT molecular complexity index is 8.00. The van der Waals surface area contributed by atoms with Gasteiger partial charge < -0.3 is 0 Å². The van der Waals surface area contributed by atoms with Crippen LogP contribution in [0.3, 0.4) is 0 Å². The second kappa shape index (κ2) is 16.7. The van der Waals surface area contributed by atoms with Crippen molar-refractivity contribution in [2.75, 3.05) is 0 Å². The van der Waals surface area contributed by atoms with Crippen molar-refractivity contribution < 1.29 is 75.0 Å². The van der Waals surface area contributed by atoms with Crippen molar-refractivity contribution in [3.8, 4) is 0 Å². The summed E-state index contributed by atoms with van der Waals surface area (Å²) in [6, 6.07) is 0. The summed E-state index contributed by atoms with van der Waals surface area (Å²) < 4.78 is 0. The van der Waals surface area contributed by atoms with Crippen molar-refractivity contribution in [1.82, 2.24) is 0 Å². The van der Waals surface area contributed by atoms with E-state index in [4.69, 9.17) is 0 Å². The Hall–Kier alpha value is 2.97. The summed E-state index contributed by atoms with van der Waals surface area (Å²) in [6.45, 7) is 0. The van der Waals surface area contributed by atoms with Crippen LogP contribution in [0.4, 0.5) is 0 Å². The molecule has 0 fully saturated rings. The molecule has 0 atom stereocenters. The van der Waals surface area contributed by atoms with E-state index in [9.17, 15) is 0 Å². The summed E-state index contributed by atoms with van der Waals surface area (Å²) in [7, 11) is 0. The topological polar surface area (TPSA) is 0 Å². The van der Waals surface area contributed by atoms with E-state index >= 15 is 0 Å². The van der Waals surface area contributed by atoms with Crippen molar-refractivity contribution >= 4 is 18.9 Å². The third-order valence-electron chi connectivity index (χ3n) is 0. The van der Waals surface area contributed by atoms with Crippen molar-refractivity contribution in [2.24, 2.45) is 0 Å². The van der Waals surface area contributed by atoms with Gasteiger partial charge in [0.05, 0.1) is 0 Å². The Balaban J connectivity index is 0. The zero-order valence-corrected chi connectivity index (χ0v) is 6.32. The first-order valence-electron chi connectivity index (χ1n) is 0. The molecule has 0 bridgehead atoms. The van der Waals surface area contributed by atoms with Gasteiger partial charge in [0, 0.05) is 75.0 Å². The van der Waals surface area contributed by atoms with E-state index in [1.165, 1.54) is 0 Å². The fourth-order valence-corrected chi connectivity index (χ4v) is 0. The molecule has 0 aliphatic rings. The van der Waals surface area contributed by atoms with Crippen LogP contribution in [0.1, 0.15) is 0 Å². The molecule has 0 aromatic heterocycles. The largest absolute Gasteiger partial charge is 0 e. The van der Waals surface area contributed by atoms with Gasteiger partial charge in [0.15, 0.2) is 0 Å². The molecule has 0 aliphatic carbocycles. The average Bonchev–Trinajstić information content (AvgIpc) is 0. The molecule has 25 valence electrons. The summed E-state index contributed by atoms with van der Waals surface area (Å²) in [5.41, 5.74) is 0. The van der Waals surface area contributed by atoms with Crippen LogP contribution >= 0.6 is 0 Å². The predicted octanol–water partition coefficient (Wildman–Crippen LogP) is -0.653. The van der Waals surface area contributed by atoms with Crippen molar-refractivity contribution in [2.45, 2.75) is 0 Å². The minimum atomic E-state index is 0. The van der Waals surface area contributed by atoms with Gasteiger partial charge in [-0.1, -0.05) is 0 Å². The van der Waals surface area contributed by atoms with Crippen LogP contribution in [0.5, 0.6) is 0 Å². The van der Waals surface area contributed by atoms with Crippen molar-refractivity contribution in [3.05, 3.63) is 0 Å². The van der Waals surface area contributed by atoms with E-state index in [0.717, 1.165) is 0 Å². The number of hydrogen-bond acceptors (Lipinski definition) is 0. The standard InChI is InChI=1S/Ce.Co.Li.Ni.H. The van der Waals surface area contributed by atoms with Gasteiger partial charge in [-0.05, 0) is 0 Å². The van der Waals surface area contributed by atoms with E-state index in [-0.39, 0.29) is 93.9 Å². The molecule has 0 aromatic carbocycles. The molecule has 0 rings (SSSR count). The SMILES string of the molecule is [Ce].[Co].[LiH].[Ni]. The maximum absolute atomic E-state index is 0. The fourth-order valence-electron chi connectivity index (χ4n) is 0. The normalized spacial score (nSPS) is 0. The zero-order valence-electron chi connectivity index (χ0n) is 1.15. The summed E-state index contributed by atoms with van der Waals surface area (Å²) in [5, 5.41) is 0. The summed E-state index contributed by atoms with van der Waals surface area (Å²) in [4.78, 5) is 0. The van der Waals surface area contributed by atoms with Gasteiger partial charge >= 0.3 is 18.9 Å². The second-order valence-electron chi connectivity index (χ2n) is 0. The van der Waals surface area contributed by atoms with E-state index in [1.807, 2.05) is 0 Å². The van der Waals surface area contributed by atoms with Crippen LogP contribution in [-0.4, -0.2) is 18.9 Å². The Morgan fingerprint density at radius 3 is 1.00 bits per heavy atom. The molecule has 4 heteroatoms. The molecule has 0 amide bonds. The Morgan fingerprint density at radius 2 is 1.00 bits per heavy atom. The maximum atomic E-state index is 0. The molecule has 1 radical (unpaired) electrons. The maximum Gasteiger partial charge on any atom is 0 e. The molecule has 0 saturated carbocycles. The minimum Gasteiger partial charge on any atom is 0 e. The van der Waals surface area contributed by atoms with Crippen LogP contribution < -0.4 is 0 Å². The quantitative estimate of drug-likeness (QED) is 0.511. The monoisotopic (exact) mass is 265 g/mol. The average molecular weight is 266 g/mol. The van der Waals surface area contributed by atoms with E-state index in [2.05, 4.69) is 0 Å². The molecular weight excluding hydrogens is 265 g/mol. The summed E-state index contributed by atoms with van der Waals surface area (Å²) in [6.07, 6.45) is 0. The minimum absolute atomic E-state index is 0. The molecule has 0 heterocycles. The van der Waals surface area contributed by atoms with Crippen LogP contribution in [0.15, 0.2) is 0 Å². The number of rotatable bonds is 0. The molecule has 0 unspecified atom stereocenters. The third kappa shape index (κ3) is 8.88. The van der Waals surface area contributed by atoms with Crippen LogP contribution in [0.2, 0.25) is 0 Å². The Kier molecular flexibility index (Phi) is 118. The van der Waals surface area contributed by atoms with Crippen LogP contribution in [0, 0.1) is 41.7 Å². The molecule has 0 N–H and O–H groups in total. The predicted molar refractivity (Wildman–Crippen MR) is 7.15 cm³/mol. The second-order valence-corrected chi connectivity index (χ2v) is 0. The van der Waals surface area contributed by atoms with Crippen LogP contribution in [0.25, 0.3) is 0 Å². The summed E-state index contributed by atoms with van der Waals surface area (Å²) in [5.74, 6) is 0. The molecular formula is HCeCoLiNi. The van der Waals surface area contributed by atoms with Gasteiger partial charge in [0.25, 0.3) is 0 Å². The smallest absolute Gasteiger partial charge is 0 e. The van der Waals surface area contributed by atoms with E-state index in [1.54, 1.807) is 0 Å². The van der Waals surface area contributed by atoms with Crippen molar-refractivity contribution in [1.29, 1.82) is 0 Å². The first-order valence-corrected chi connectivity index (χ1v) is 0. The zero-order chi connectivity index (χ0) is 0. The van der Waals surface area contributed by atoms with Crippen LogP contribution in [-0.2, 0) is 33.3 Å². The van der Waals surface area contributed by atoms with Gasteiger partial charge in [-0.15, -0.1) is 0 Å². The Labute approximate surface area is 91.9 Å². The van der Waals surface area contributed by atoms with Gasteiger partial charge in [-0.2, -0.15) is 0 Å². The van der Waals surface area contributed by atoms with Gasteiger partial charge in [-0.25, -0.2) is 0 Å². The first kappa shape index (κ1) is 28.1. The van der Waals surface area contributed by atoms with E-state index in [0.29, 0.717) is 0 Å². The molecule has 0 aliphatic heterocycles. The Morgan fingerprint density at radius 1 is 1.00 bits per heavy atom.